The summed E-state index contributed by atoms with van der Waals surface area (Å²) >= 11 is 0. The van der Waals surface area contributed by atoms with Gasteiger partial charge in [0, 0.05) is 43.6 Å². The molecule has 0 spiro atoms. The maximum Gasteiger partial charge on any atom is 0.254 e. The Bertz CT molecular complexity index is 1250. The molecule has 2 atom stereocenters. The van der Waals surface area contributed by atoms with Crippen LogP contribution in [0.25, 0.3) is 0 Å². The number of carbonyl (C=O) groups excluding carboxylic acids is 3. The molecule has 2 N–H and O–H groups in total. The van der Waals surface area contributed by atoms with Crippen LogP contribution in [-0.2, 0) is 22.4 Å². The van der Waals surface area contributed by atoms with Crippen LogP contribution in [0.5, 0.6) is 23.0 Å². The maximum absolute atomic E-state index is 13.7. The van der Waals surface area contributed by atoms with E-state index in [1.807, 2.05) is 12.1 Å². The first kappa shape index (κ1) is 26.6. The Labute approximate surface area is 227 Å². The molecule has 0 unspecified atom stereocenters. The molecule has 2 aromatic rings. The monoisotopic (exact) mass is 537 g/mol. The van der Waals surface area contributed by atoms with Crippen molar-refractivity contribution in [2.75, 3.05) is 34.1 Å². The molecule has 3 aliphatic heterocycles. The summed E-state index contributed by atoms with van der Waals surface area (Å²) in [6.45, 7) is 0.947. The number of hydrogen-bond acceptors (Lipinski definition) is 7. The average Bonchev–Trinajstić information content (AvgIpc) is 3.58. The van der Waals surface area contributed by atoms with Crippen LogP contribution >= 0.6 is 0 Å². The number of aryl methyl sites for hydroxylation is 2. The van der Waals surface area contributed by atoms with Crippen molar-refractivity contribution in [3.05, 3.63) is 47.0 Å². The summed E-state index contributed by atoms with van der Waals surface area (Å²) in [7, 11) is 3.21. The molecule has 3 aliphatic rings. The molecule has 10 heteroatoms. The van der Waals surface area contributed by atoms with Crippen molar-refractivity contribution in [3.8, 4) is 23.0 Å². The van der Waals surface area contributed by atoms with E-state index in [2.05, 4.69) is 10.6 Å². The Balaban J connectivity index is 1.36. The van der Waals surface area contributed by atoms with Gasteiger partial charge in [-0.1, -0.05) is 6.07 Å². The second-order valence-corrected chi connectivity index (χ2v) is 10.1. The van der Waals surface area contributed by atoms with E-state index in [0.29, 0.717) is 80.2 Å². The van der Waals surface area contributed by atoms with Gasteiger partial charge in [-0.15, -0.1) is 0 Å². The van der Waals surface area contributed by atoms with Gasteiger partial charge in [-0.3, -0.25) is 14.4 Å². The third kappa shape index (κ3) is 5.89. The normalized spacial score (nSPS) is 21.5. The quantitative estimate of drug-likeness (QED) is 0.619. The summed E-state index contributed by atoms with van der Waals surface area (Å²) in [5, 5.41) is 6.04. The van der Waals surface area contributed by atoms with Gasteiger partial charge in [0.25, 0.3) is 5.91 Å². The van der Waals surface area contributed by atoms with E-state index in [4.69, 9.17) is 18.9 Å². The SMILES string of the molecule is COc1cc2cc(c1OC)CCCNC(=O)C[C@@H]1CC[C@H](CNC(=O)CC2)N1C(=O)c1ccc2c(c1)OCO2. The van der Waals surface area contributed by atoms with Crippen LogP contribution in [0.15, 0.2) is 30.3 Å². The number of amides is 3. The lowest BCUT2D eigenvalue weighted by atomic mass is 10.0. The summed E-state index contributed by atoms with van der Waals surface area (Å²) in [5.41, 5.74) is 2.42. The molecular weight excluding hydrogens is 502 g/mol. The first-order valence-corrected chi connectivity index (χ1v) is 13.5. The summed E-state index contributed by atoms with van der Waals surface area (Å²) in [6.07, 6.45) is 3.83. The third-order valence-corrected chi connectivity index (χ3v) is 7.63. The smallest absolute Gasteiger partial charge is 0.254 e. The predicted octanol–water partition coefficient (Wildman–Crippen LogP) is 2.61. The fourth-order valence-electron chi connectivity index (χ4n) is 5.68. The van der Waals surface area contributed by atoms with E-state index >= 15 is 0 Å². The molecular formula is C29H35N3O7. The largest absolute Gasteiger partial charge is 0.493 e. The summed E-state index contributed by atoms with van der Waals surface area (Å²) in [6, 6.07) is 8.59. The van der Waals surface area contributed by atoms with Crippen molar-refractivity contribution >= 4 is 17.7 Å². The van der Waals surface area contributed by atoms with Gasteiger partial charge in [-0.05, 0) is 67.5 Å². The molecule has 10 nitrogen and oxygen atoms in total. The van der Waals surface area contributed by atoms with Crippen molar-refractivity contribution in [1.82, 2.24) is 15.5 Å². The second-order valence-electron chi connectivity index (χ2n) is 10.1. The van der Waals surface area contributed by atoms with Crippen molar-refractivity contribution in [2.24, 2.45) is 0 Å². The van der Waals surface area contributed by atoms with E-state index in [0.717, 1.165) is 11.1 Å². The molecule has 2 aromatic carbocycles. The van der Waals surface area contributed by atoms with Gasteiger partial charge in [0.15, 0.2) is 23.0 Å². The molecule has 1 saturated heterocycles. The number of hydrogen-bond donors (Lipinski definition) is 2. The summed E-state index contributed by atoms with van der Waals surface area (Å²) in [4.78, 5) is 41.3. The Hall–Kier alpha value is -3.95. The zero-order valence-corrected chi connectivity index (χ0v) is 22.4. The number of rotatable bonds is 3. The third-order valence-electron chi connectivity index (χ3n) is 7.63. The Morgan fingerprint density at radius 1 is 0.923 bits per heavy atom. The number of nitrogens with zero attached hydrogens (tertiary/aromatic N) is 1. The van der Waals surface area contributed by atoms with Gasteiger partial charge in [0.05, 0.1) is 14.2 Å². The number of carbonyl (C=O) groups is 3. The lowest BCUT2D eigenvalue weighted by molar-refractivity contribution is -0.123. The van der Waals surface area contributed by atoms with E-state index < -0.39 is 0 Å². The minimum Gasteiger partial charge on any atom is -0.493 e. The lowest BCUT2D eigenvalue weighted by Crippen LogP contribution is -2.47. The number of ether oxygens (including phenoxy) is 4. The molecule has 0 radical (unpaired) electrons. The Morgan fingerprint density at radius 3 is 2.56 bits per heavy atom. The van der Waals surface area contributed by atoms with E-state index in [9.17, 15) is 14.4 Å². The lowest BCUT2D eigenvalue weighted by Gasteiger charge is -2.30. The fraction of sp³-hybridized carbons (Fsp3) is 0.483. The number of methoxy groups -OCH3 is 2. The highest BCUT2D eigenvalue weighted by Gasteiger charge is 2.38. The van der Waals surface area contributed by atoms with Gasteiger partial charge < -0.3 is 34.5 Å². The van der Waals surface area contributed by atoms with Crippen LogP contribution in [0.4, 0.5) is 0 Å². The van der Waals surface area contributed by atoms with Crippen LogP contribution < -0.4 is 29.6 Å². The zero-order valence-electron chi connectivity index (χ0n) is 22.4. The van der Waals surface area contributed by atoms with Crippen LogP contribution in [0.2, 0.25) is 0 Å². The Kier molecular flexibility index (Phi) is 8.09. The van der Waals surface area contributed by atoms with Crippen molar-refractivity contribution in [3.63, 3.8) is 0 Å². The highest BCUT2D eigenvalue weighted by atomic mass is 16.7. The van der Waals surface area contributed by atoms with E-state index in [-0.39, 0.29) is 43.0 Å². The molecule has 1 fully saturated rings. The molecule has 4 bridgehead atoms. The van der Waals surface area contributed by atoms with Crippen LogP contribution in [0.3, 0.4) is 0 Å². The fourth-order valence-corrected chi connectivity index (χ4v) is 5.68. The summed E-state index contributed by atoms with van der Waals surface area (Å²) in [5.74, 6) is 2.05. The number of benzene rings is 2. The average molecular weight is 538 g/mol. The standard InChI is InChI=1S/C29H35N3O7/c1-36-25-13-18-5-10-26(33)31-16-22-8-7-21(15-27(34)30-11-3-4-19(12-18)28(25)37-2)32(22)29(35)20-6-9-23-24(14-20)39-17-38-23/h6,9,12-14,21-22H,3-5,7-8,10-11,15-17H2,1-2H3,(H,30,34)(H,31,33)/t21-,22+/m0/s1. The van der Waals surface area contributed by atoms with Crippen LogP contribution in [0.1, 0.15) is 53.6 Å². The highest BCUT2D eigenvalue weighted by Crippen LogP contribution is 2.36. The van der Waals surface area contributed by atoms with Crippen molar-refractivity contribution in [1.29, 1.82) is 0 Å². The highest BCUT2D eigenvalue weighted by molar-refractivity contribution is 5.96. The number of fused-ring (bicyclic) bond motifs is 5. The first-order chi connectivity index (χ1) is 19.0. The number of nitrogens with one attached hydrogen (secondary N) is 2. The predicted molar refractivity (Wildman–Crippen MR) is 142 cm³/mol. The first-order valence-electron chi connectivity index (χ1n) is 13.5. The van der Waals surface area contributed by atoms with Crippen LogP contribution in [0, 0.1) is 0 Å². The molecule has 208 valence electrons. The van der Waals surface area contributed by atoms with Crippen LogP contribution in [-0.4, -0.2) is 68.8 Å². The molecule has 0 saturated carbocycles. The topological polar surface area (TPSA) is 115 Å². The van der Waals surface area contributed by atoms with Gasteiger partial charge in [-0.25, -0.2) is 0 Å². The van der Waals surface area contributed by atoms with Gasteiger partial charge in [0.1, 0.15) is 0 Å². The molecule has 0 aromatic heterocycles. The zero-order chi connectivity index (χ0) is 27.4. The minimum absolute atomic E-state index is 0.0904. The van der Waals surface area contributed by atoms with E-state index in [1.54, 1.807) is 37.3 Å². The van der Waals surface area contributed by atoms with Crippen molar-refractivity contribution in [2.45, 2.75) is 57.0 Å². The van der Waals surface area contributed by atoms with Crippen molar-refractivity contribution < 1.29 is 33.3 Å². The minimum atomic E-state index is -0.264. The molecule has 3 heterocycles. The molecule has 39 heavy (non-hydrogen) atoms. The van der Waals surface area contributed by atoms with Gasteiger partial charge >= 0.3 is 0 Å². The molecule has 3 amide bonds. The van der Waals surface area contributed by atoms with E-state index in [1.165, 1.54) is 0 Å². The molecule has 5 rings (SSSR count). The molecule has 0 aliphatic carbocycles. The maximum atomic E-state index is 13.7. The Morgan fingerprint density at radius 2 is 1.74 bits per heavy atom. The van der Waals surface area contributed by atoms with Gasteiger partial charge in [0.2, 0.25) is 18.6 Å². The second kappa shape index (κ2) is 11.8. The summed E-state index contributed by atoms with van der Waals surface area (Å²) < 4.78 is 22.0. The van der Waals surface area contributed by atoms with Gasteiger partial charge in [-0.2, -0.15) is 0 Å².